The van der Waals surface area contributed by atoms with Gasteiger partial charge in [-0.3, -0.25) is 4.79 Å². The standard InChI is InChI=1S/C16H9F13N2OS/c17-11(18,10(32)31-9-7(5-30)6-3-1-2-4-8(6)33-9)12(19,20)13(21,22)14(23,24)15(25,26)16(27,28)29/h1-4H2,(H,31,32). The van der Waals surface area contributed by atoms with Crippen molar-refractivity contribution in [3.8, 4) is 6.07 Å². The Bertz CT molecular complexity index is 974. The predicted octanol–water partition coefficient (Wildman–Crippen LogP) is 6.18. The molecule has 0 aromatic carbocycles. The maximum absolute atomic E-state index is 13.9. The number of amides is 1. The fourth-order valence-electron chi connectivity index (χ4n) is 2.87. The second kappa shape index (κ2) is 7.91. The molecule has 2 rings (SSSR count). The normalized spacial score (nSPS) is 16.2. The first kappa shape index (κ1) is 27.0. The van der Waals surface area contributed by atoms with Crippen LogP contribution < -0.4 is 5.32 Å². The topological polar surface area (TPSA) is 52.9 Å². The summed E-state index contributed by atoms with van der Waals surface area (Å²) in [6, 6.07) is 1.46. The van der Waals surface area contributed by atoms with Crippen LogP contribution in [-0.4, -0.2) is 41.7 Å². The lowest BCUT2D eigenvalue weighted by Gasteiger charge is -2.39. The van der Waals surface area contributed by atoms with Crippen molar-refractivity contribution in [3.05, 3.63) is 16.0 Å². The van der Waals surface area contributed by atoms with Crippen LogP contribution in [0.15, 0.2) is 0 Å². The second-order valence-corrected chi connectivity index (χ2v) is 7.96. The van der Waals surface area contributed by atoms with Gasteiger partial charge in [0.05, 0.1) is 5.56 Å². The Morgan fingerprint density at radius 1 is 0.788 bits per heavy atom. The molecule has 0 unspecified atom stereocenters. The molecule has 0 spiro atoms. The number of halogens is 13. The molecule has 33 heavy (non-hydrogen) atoms. The van der Waals surface area contributed by atoms with Gasteiger partial charge in [0.2, 0.25) is 0 Å². The summed E-state index contributed by atoms with van der Waals surface area (Å²) < 4.78 is 171. The van der Waals surface area contributed by atoms with Crippen molar-refractivity contribution in [2.45, 2.75) is 61.5 Å². The van der Waals surface area contributed by atoms with Gasteiger partial charge >= 0.3 is 41.7 Å². The Hall–Kier alpha value is -2.25. The first-order valence-electron chi connectivity index (χ1n) is 8.50. The van der Waals surface area contributed by atoms with Gasteiger partial charge in [0.15, 0.2) is 0 Å². The molecule has 0 aliphatic heterocycles. The summed E-state index contributed by atoms with van der Waals surface area (Å²) in [6.45, 7) is 0. The van der Waals surface area contributed by atoms with E-state index in [0.717, 1.165) is 5.32 Å². The van der Waals surface area contributed by atoms with Gasteiger partial charge < -0.3 is 5.32 Å². The molecule has 1 aromatic rings. The summed E-state index contributed by atoms with van der Waals surface area (Å²) in [7, 11) is 0. The third-order valence-electron chi connectivity index (χ3n) is 4.73. The number of fused-ring (bicyclic) bond motifs is 1. The molecule has 1 aliphatic rings. The van der Waals surface area contributed by atoms with Crippen molar-refractivity contribution in [2.75, 3.05) is 5.32 Å². The summed E-state index contributed by atoms with van der Waals surface area (Å²) >= 11 is 0.425. The van der Waals surface area contributed by atoms with Gasteiger partial charge in [-0.2, -0.15) is 62.3 Å². The molecule has 0 radical (unpaired) electrons. The summed E-state index contributed by atoms with van der Waals surface area (Å²) in [5.74, 6) is -42.1. The number of carbonyl (C=O) groups excluding carboxylic acids is 1. The summed E-state index contributed by atoms with van der Waals surface area (Å²) in [5, 5.41) is 9.27. The van der Waals surface area contributed by atoms with E-state index in [4.69, 9.17) is 5.26 Å². The first-order valence-corrected chi connectivity index (χ1v) is 9.32. The van der Waals surface area contributed by atoms with Crippen LogP contribution in [0.25, 0.3) is 0 Å². The van der Waals surface area contributed by atoms with Crippen LogP contribution >= 0.6 is 11.3 Å². The minimum atomic E-state index is -8.09. The number of nitrogens with zero attached hydrogens (tertiary/aromatic N) is 1. The van der Waals surface area contributed by atoms with Crippen LogP contribution in [0.3, 0.4) is 0 Å². The lowest BCUT2D eigenvalue weighted by atomic mass is 9.93. The predicted molar refractivity (Wildman–Crippen MR) is 85.1 cm³/mol. The average Bonchev–Trinajstić information content (AvgIpc) is 3.03. The third kappa shape index (κ3) is 3.79. The zero-order valence-corrected chi connectivity index (χ0v) is 16.3. The lowest BCUT2D eigenvalue weighted by molar-refractivity contribution is -0.435. The quantitative estimate of drug-likeness (QED) is 0.453. The fraction of sp³-hybridized carbons (Fsp3) is 0.625. The number of rotatable bonds is 6. The van der Waals surface area contributed by atoms with E-state index >= 15 is 0 Å². The average molecular weight is 524 g/mol. The third-order valence-corrected chi connectivity index (χ3v) is 5.94. The van der Waals surface area contributed by atoms with Crippen molar-refractivity contribution in [2.24, 2.45) is 0 Å². The Morgan fingerprint density at radius 2 is 1.27 bits per heavy atom. The van der Waals surface area contributed by atoms with Crippen LogP contribution in [0.5, 0.6) is 0 Å². The number of carbonyl (C=O) groups is 1. The van der Waals surface area contributed by atoms with Gasteiger partial charge in [-0.1, -0.05) is 0 Å². The number of nitriles is 1. The molecule has 1 amide bonds. The van der Waals surface area contributed by atoms with E-state index in [0.29, 0.717) is 29.1 Å². The Labute approximate surface area is 179 Å². The molecule has 186 valence electrons. The maximum Gasteiger partial charge on any atom is 0.460 e. The van der Waals surface area contributed by atoms with Crippen LogP contribution in [0, 0.1) is 11.3 Å². The summed E-state index contributed by atoms with van der Waals surface area (Å²) in [4.78, 5) is 12.0. The number of nitrogens with one attached hydrogen (secondary N) is 1. The van der Waals surface area contributed by atoms with E-state index in [1.54, 1.807) is 0 Å². The fourth-order valence-corrected chi connectivity index (χ4v) is 4.10. The Morgan fingerprint density at radius 3 is 1.76 bits per heavy atom. The van der Waals surface area contributed by atoms with Crippen LogP contribution in [0.4, 0.5) is 62.1 Å². The molecule has 3 nitrogen and oxygen atoms in total. The molecular weight excluding hydrogens is 515 g/mol. The zero-order valence-electron chi connectivity index (χ0n) is 15.5. The van der Waals surface area contributed by atoms with Gasteiger partial charge in [0.1, 0.15) is 11.1 Å². The molecule has 1 N–H and O–H groups in total. The monoisotopic (exact) mass is 524 g/mol. The van der Waals surface area contributed by atoms with E-state index < -0.39 is 52.3 Å². The van der Waals surface area contributed by atoms with E-state index in [1.807, 2.05) is 0 Å². The van der Waals surface area contributed by atoms with Crippen molar-refractivity contribution < 1.29 is 61.9 Å². The number of hydrogen-bond donors (Lipinski definition) is 1. The SMILES string of the molecule is N#Cc1c(NC(=O)C(F)(F)C(F)(F)C(F)(F)C(F)(F)C(F)(F)C(F)(F)F)sc2c1CCCC2. The zero-order chi connectivity index (χ0) is 25.8. The molecule has 1 aliphatic carbocycles. The number of aryl methyl sites for hydroxylation is 1. The molecule has 0 bridgehead atoms. The molecule has 0 fully saturated rings. The molecular formula is C16H9F13N2OS. The first-order chi connectivity index (χ1) is 14.7. The highest BCUT2D eigenvalue weighted by molar-refractivity contribution is 7.16. The molecule has 1 heterocycles. The smallest absolute Gasteiger partial charge is 0.311 e. The Kier molecular flexibility index (Phi) is 6.47. The number of anilines is 1. The minimum Gasteiger partial charge on any atom is -0.311 e. The van der Waals surface area contributed by atoms with Crippen molar-refractivity contribution in [3.63, 3.8) is 0 Å². The Balaban J connectivity index is 2.47. The highest BCUT2D eigenvalue weighted by Gasteiger charge is 2.91. The second-order valence-electron chi connectivity index (χ2n) is 6.85. The highest BCUT2D eigenvalue weighted by Crippen LogP contribution is 2.60. The maximum atomic E-state index is 13.9. The molecule has 17 heteroatoms. The highest BCUT2D eigenvalue weighted by atomic mass is 32.1. The molecule has 0 saturated heterocycles. The van der Waals surface area contributed by atoms with Crippen LogP contribution in [0.2, 0.25) is 0 Å². The lowest BCUT2D eigenvalue weighted by Crippen LogP contribution is -2.71. The largest absolute Gasteiger partial charge is 0.460 e. The van der Waals surface area contributed by atoms with E-state index in [-0.39, 0.29) is 18.4 Å². The summed E-state index contributed by atoms with van der Waals surface area (Å²) in [6.07, 6.45) is -6.00. The number of hydrogen-bond acceptors (Lipinski definition) is 3. The van der Waals surface area contributed by atoms with Crippen molar-refractivity contribution in [1.82, 2.24) is 0 Å². The summed E-state index contributed by atoms with van der Waals surface area (Å²) in [5.41, 5.74) is -0.260. The minimum absolute atomic E-state index is 0.202. The van der Waals surface area contributed by atoms with E-state index in [1.165, 1.54) is 6.07 Å². The van der Waals surface area contributed by atoms with Gasteiger partial charge in [0, 0.05) is 4.88 Å². The molecule has 0 saturated carbocycles. The van der Waals surface area contributed by atoms with Crippen LogP contribution in [0.1, 0.15) is 28.8 Å². The molecule has 1 aromatic heterocycles. The van der Waals surface area contributed by atoms with Crippen molar-refractivity contribution in [1.29, 1.82) is 5.26 Å². The molecule has 0 atom stereocenters. The number of thiophene rings is 1. The van der Waals surface area contributed by atoms with Crippen LogP contribution in [-0.2, 0) is 17.6 Å². The van der Waals surface area contributed by atoms with E-state index in [2.05, 4.69) is 0 Å². The van der Waals surface area contributed by atoms with E-state index in [9.17, 15) is 61.9 Å². The van der Waals surface area contributed by atoms with Gasteiger partial charge in [-0.15, -0.1) is 11.3 Å². The van der Waals surface area contributed by atoms with Crippen molar-refractivity contribution >= 4 is 22.2 Å². The van der Waals surface area contributed by atoms with Gasteiger partial charge in [-0.05, 0) is 31.2 Å². The van der Waals surface area contributed by atoms with Gasteiger partial charge in [-0.25, -0.2) is 0 Å². The van der Waals surface area contributed by atoms with Gasteiger partial charge in [0.25, 0.3) is 0 Å². The number of alkyl halides is 13.